The molecule has 0 saturated carbocycles. The lowest BCUT2D eigenvalue weighted by Gasteiger charge is -2.31. The third kappa shape index (κ3) is 3.88. The maximum atomic E-state index is 13.2. The molecule has 0 radical (unpaired) electrons. The summed E-state index contributed by atoms with van der Waals surface area (Å²) in [5.41, 5.74) is 2.49. The molecule has 1 fully saturated rings. The number of amides is 1. The number of aryl methyl sites for hydroxylation is 1. The number of anilines is 1. The lowest BCUT2D eigenvalue weighted by Crippen LogP contribution is -2.43. The van der Waals surface area contributed by atoms with Gasteiger partial charge < -0.3 is 5.32 Å². The SMILES string of the molecule is CCc1ccc(NC(=O)[C@@H]2CCCN(S(=O)(=O)c3cccc4nonc34)C2)cc1. The fourth-order valence-electron chi connectivity index (χ4n) is 3.57. The van der Waals surface area contributed by atoms with Gasteiger partial charge in [-0.25, -0.2) is 13.0 Å². The number of nitrogens with zero attached hydrogens (tertiary/aromatic N) is 3. The highest BCUT2D eigenvalue weighted by atomic mass is 32.2. The van der Waals surface area contributed by atoms with Crippen molar-refractivity contribution >= 4 is 32.7 Å². The van der Waals surface area contributed by atoms with E-state index in [9.17, 15) is 13.2 Å². The van der Waals surface area contributed by atoms with Crippen molar-refractivity contribution in [2.75, 3.05) is 18.4 Å². The predicted octanol–water partition coefficient (Wildman–Crippen LogP) is 2.82. The molecule has 1 saturated heterocycles. The number of fused-ring (bicyclic) bond motifs is 1. The minimum absolute atomic E-state index is 0.0486. The highest BCUT2D eigenvalue weighted by molar-refractivity contribution is 7.89. The fourth-order valence-corrected chi connectivity index (χ4v) is 5.23. The zero-order chi connectivity index (χ0) is 20.4. The molecule has 1 amide bonds. The molecule has 4 rings (SSSR count). The van der Waals surface area contributed by atoms with Crippen LogP contribution in [0.2, 0.25) is 0 Å². The summed E-state index contributed by atoms with van der Waals surface area (Å²) in [5.74, 6) is -0.588. The fraction of sp³-hybridized carbons (Fsp3) is 0.350. The van der Waals surface area contributed by atoms with Gasteiger partial charge in [-0.05, 0) is 59.4 Å². The standard InChI is InChI=1S/C20H22N4O4S/c1-2-14-8-10-16(11-9-14)21-20(25)15-5-4-12-24(13-15)29(26,27)18-7-3-6-17-19(18)23-28-22-17/h3,6-11,15H,2,4-5,12-13H2,1H3,(H,21,25)/t15-/m1/s1. The van der Waals surface area contributed by atoms with Gasteiger partial charge in [0.1, 0.15) is 10.4 Å². The normalized spacial score (nSPS) is 18.0. The predicted molar refractivity (Wildman–Crippen MR) is 108 cm³/mol. The van der Waals surface area contributed by atoms with Crippen LogP contribution in [0.1, 0.15) is 25.3 Å². The van der Waals surface area contributed by atoms with Gasteiger partial charge in [0.05, 0.1) is 5.92 Å². The maximum absolute atomic E-state index is 13.2. The Bertz CT molecular complexity index is 1120. The number of carbonyl (C=O) groups is 1. The third-order valence-corrected chi connectivity index (χ3v) is 7.15. The molecule has 0 unspecified atom stereocenters. The third-order valence-electron chi connectivity index (χ3n) is 5.25. The van der Waals surface area contributed by atoms with Gasteiger partial charge in [-0.1, -0.05) is 25.1 Å². The molecule has 8 nitrogen and oxygen atoms in total. The monoisotopic (exact) mass is 414 g/mol. The summed E-state index contributed by atoms with van der Waals surface area (Å²) in [6, 6.07) is 12.4. The molecule has 1 atom stereocenters. The van der Waals surface area contributed by atoms with Crippen molar-refractivity contribution < 1.29 is 17.8 Å². The van der Waals surface area contributed by atoms with Crippen molar-refractivity contribution in [3.63, 3.8) is 0 Å². The van der Waals surface area contributed by atoms with Crippen LogP contribution in [0.15, 0.2) is 52.0 Å². The average Bonchev–Trinajstić information content (AvgIpc) is 3.23. The van der Waals surface area contributed by atoms with Crippen LogP contribution in [0.4, 0.5) is 5.69 Å². The minimum Gasteiger partial charge on any atom is -0.326 e. The van der Waals surface area contributed by atoms with Gasteiger partial charge in [0.2, 0.25) is 15.9 Å². The highest BCUT2D eigenvalue weighted by Gasteiger charge is 2.34. The first kappa shape index (κ1) is 19.5. The van der Waals surface area contributed by atoms with Gasteiger partial charge in [0, 0.05) is 18.8 Å². The topological polar surface area (TPSA) is 105 Å². The molecule has 29 heavy (non-hydrogen) atoms. The van der Waals surface area contributed by atoms with E-state index in [-0.39, 0.29) is 22.9 Å². The number of sulfonamides is 1. The van der Waals surface area contributed by atoms with Gasteiger partial charge in [0.25, 0.3) is 0 Å². The Morgan fingerprint density at radius 1 is 1.21 bits per heavy atom. The van der Waals surface area contributed by atoms with Gasteiger partial charge in [0.15, 0.2) is 5.52 Å². The average molecular weight is 414 g/mol. The number of rotatable bonds is 5. The zero-order valence-electron chi connectivity index (χ0n) is 16.0. The van der Waals surface area contributed by atoms with Crippen LogP contribution in [-0.4, -0.2) is 42.0 Å². The number of aromatic nitrogens is 2. The van der Waals surface area contributed by atoms with E-state index in [1.165, 1.54) is 15.9 Å². The van der Waals surface area contributed by atoms with E-state index in [0.717, 1.165) is 6.42 Å². The van der Waals surface area contributed by atoms with Crippen LogP contribution in [0, 0.1) is 5.92 Å². The Labute approximate surface area is 168 Å². The molecule has 0 aliphatic carbocycles. The highest BCUT2D eigenvalue weighted by Crippen LogP contribution is 2.28. The summed E-state index contributed by atoms with van der Waals surface area (Å²) in [4.78, 5) is 12.8. The van der Waals surface area contributed by atoms with Crippen LogP contribution in [0.5, 0.6) is 0 Å². The van der Waals surface area contributed by atoms with Crippen molar-refractivity contribution in [1.29, 1.82) is 0 Å². The van der Waals surface area contributed by atoms with Crippen molar-refractivity contribution in [2.45, 2.75) is 31.1 Å². The lowest BCUT2D eigenvalue weighted by atomic mass is 9.98. The van der Waals surface area contributed by atoms with E-state index >= 15 is 0 Å². The second-order valence-electron chi connectivity index (χ2n) is 7.13. The summed E-state index contributed by atoms with van der Waals surface area (Å²) >= 11 is 0. The second kappa shape index (κ2) is 7.92. The summed E-state index contributed by atoms with van der Waals surface area (Å²) in [7, 11) is -3.82. The van der Waals surface area contributed by atoms with Gasteiger partial charge in [-0.15, -0.1) is 0 Å². The van der Waals surface area contributed by atoms with Crippen LogP contribution >= 0.6 is 0 Å². The number of hydrogen-bond acceptors (Lipinski definition) is 6. The lowest BCUT2D eigenvalue weighted by molar-refractivity contribution is -0.120. The molecule has 0 bridgehead atoms. The molecule has 2 aromatic carbocycles. The molecular formula is C20H22N4O4S. The molecule has 1 N–H and O–H groups in total. The first-order chi connectivity index (χ1) is 14.0. The number of nitrogens with one attached hydrogen (secondary N) is 1. The Morgan fingerprint density at radius 2 is 2.00 bits per heavy atom. The van der Waals surface area contributed by atoms with E-state index in [1.807, 2.05) is 24.3 Å². The molecule has 3 aromatic rings. The quantitative estimate of drug-likeness (QED) is 0.688. The van der Waals surface area contributed by atoms with E-state index in [0.29, 0.717) is 30.6 Å². The summed E-state index contributed by atoms with van der Waals surface area (Å²) in [5, 5.41) is 10.3. The van der Waals surface area contributed by atoms with Gasteiger partial charge >= 0.3 is 0 Å². The van der Waals surface area contributed by atoms with Crippen molar-refractivity contribution in [3.05, 3.63) is 48.0 Å². The van der Waals surface area contributed by atoms with E-state index in [1.54, 1.807) is 12.1 Å². The maximum Gasteiger partial charge on any atom is 0.245 e. The Kier molecular flexibility index (Phi) is 5.33. The molecule has 1 aliphatic heterocycles. The first-order valence-corrected chi connectivity index (χ1v) is 11.0. The molecule has 9 heteroatoms. The zero-order valence-corrected chi connectivity index (χ0v) is 16.9. The number of piperidine rings is 1. The molecule has 152 valence electrons. The minimum atomic E-state index is -3.82. The largest absolute Gasteiger partial charge is 0.326 e. The molecule has 1 aliphatic rings. The van der Waals surface area contributed by atoms with Crippen molar-refractivity contribution in [2.24, 2.45) is 5.92 Å². The smallest absolute Gasteiger partial charge is 0.245 e. The molecule has 0 spiro atoms. The van der Waals surface area contributed by atoms with Crippen LogP contribution in [-0.2, 0) is 21.2 Å². The number of carbonyl (C=O) groups excluding carboxylic acids is 1. The van der Waals surface area contributed by atoms with Crippen LogP contribution < -0.4 is 5.32 Å². The van der Waals surface area contributed by atoms with Crippen molar-refractivity contribution in [1.82, 2.24) is 14.6 Å². The van der Waals surface area contributed by atoms with Crippen LogP contribution in [0.25, 0.3) is 11.0 Å². The van der Waals surface area contributed by atoms with Crippen molar-refractivity contribution in [3.8, 4) is 0 Å². The Balaban J connectivity index is 1.51. The Morgan fingerprint density at radius 3 is 2.76 bits per heavy atom. The molecule has 2 heterocycles. The van der Waals surface area contributed by atoms with Gasteiger partial charge in [-0.2, -0.15) is 4.31 Å². The van der Waals surface area contributed by atoms with E-state index in [2.05, 4.69) is 27.2 Å². The first-order valence-electron chi connectivity index (χ1n) is 9.60. The molecular weight excluding hydrogens is 392 g/mol. The number of benzene rings is 2. The summed E-state index contributed by atoms with van der Waals surface area (Å²) in [6.07, 6.45) is 2.18. The second-order valence-corrected chi connectivity index (χ2v) is 9.04. The van der Waals surface area contributed by atoms with E-state index in [4.69, 9.17) is 0 Å². The number of hydrogen-bond donors (Lipinski definition) is 1. The summed E-state index contributed by atoms with van der Waals surface area (Å²) < 4.78 is 32.4. The molecule has 1 aromatic heterocycles. The van der Waals surface area contributed by atoms with Gasteiger partial charge in [-0.3, -0.25) is 4.79 Å². The van der Waals surface area contributed by atoms with Crippen LogP contribution in [0.3, 0.4) is 0 Å². The summed E-state index contributed by atoms with van der Waals surface area (Å²) in [6.45, 7) is 2.56. The Hall–Kier alpha value is -2.78. The van der Waals surface area contributed by atoms with E-state index < -0.39 is 15.9 Å².